The van der Waals surface area contributed by atoms with E-state index in [1.54, 1.807) is 11.2 Å². The summed E-state index contributed by atoms with van der Waals surface area (Å²) in [4.78, 5) is 43.0. The third-order valence-corrected chi connectivity index (χ3v) is 7.60. The third-order valence-electron chi connectivity index (χ3n) is 7.36. The molecule has 0 saturated carbocycles. The van der Waals surface area contributed by atoms with E-state index in [1.165, 1.54) is 0 Å². The van der Waals surface area contributed by atoms with Crippen LogP contribution in [0.2, 0.25) is 5.02 Å². The van der Waals surface area contributed by atoms with E-state index in [0.29, 0.717) is 30.1 Å². The van der Waals surface area contributed by atoms with Crippen LogP contribution in [0, 0.1) is 0 Å². The number of carbonyl (C=O) groups excluding carboxylic acids is 3. The highest BCUT2D eigenvalue weighted by atomic mass is 35.5. The molecule has 4 aromatic rings. The molecule has 2 aromatic heterocycles. The van der Waals surface area contributed by atoms with Crippen LogP contribution in [0.25, 0.3) is 16.8 Å². The fourth-order valence-electron chi connectivity index (χ4n) is 5.31. The number of imidazole rings is 1. The van der Waals surface area contributed by atoms with Crippen LogP contribution in [0.1, 0.15) is 52.9 Å². The molecular weight excluding hydrogens is 502 g/mol. The first-order valence-electron chi connectivity index (χ1n) is 12.6. The first-order chi connectivity index (χ1) is 18.4. The minimum absolute atomic E-state index is 0.113. The summed E-state index contributed by atoms with van der Waals surface area (Å²) in [5.74, 6) is -0.880. The molecule has 38 heavy (non-hydrogen) atoms. The lowest BCUT2D eigenvalue weighted by Crippen LogP contribution is -2.52. The molecule has 1 saturated heterocycles. The number of nitrogens with zero attached hydrogens (tertiary/aromatic N) is 3. The van der Waals surface area contributed by atoms with Crippen LogP contribution in [0.15, 0.2) is 67.1 Å². The Hall–Kier alpha value is -4.01. The number of pyridine rings is 1. The largest absolute Gasteiger partial charge is 0.322 e. The van der Waals surface area contributed by atoms with E-state index in [1.807, 2.05) is 47.0 Å². The molecule has 8 nitrogen and oxygen atoms in total. The average molecular weight is 528 g/mol. The number of amides is 3. The zero-order chi connectivity index (χ0) is 26.4. The molecule has 3 amide bonds. The zero-order valence-corrected chi connectivity index (χ0v) is 21.5. The van der Waals surface area contributed by atoms with Crippen molar-refractivity contribution in [2.75, 3.05) is 0 Å². The normalized spacial score (nSPS) is 18.1. The number of rotatable bonds is 6. The highest BCUT2D eigenvalue weighted by Gasteiger charge is 2.39. The fourth-order valence-corrected chi connectivity index (χ4v) is 5.51. The van der Waals surface area contributed by atoms with Crippen LogP contribution in [-0.2, 0) is 22.7 Å². The molecule has 6 rings (SSSR count). The van der Waals surface area contributed by atoms with Crippen molar-refractivity contribution < 1.29 is 14.4 Å². The molecule has 2 N–H and O–H groups in total. The van der Waals surface area contributed by atoms with E-state index < -0.39 is 11.9 Å². The van der Waals surface area contributed by atoms with Gasteiger partial charge in [-0.25, -0.2) is 4.98 Å². The number of hydrogen-bond donors (Lipinski definition) is 2. The summed E-state index contributed by atoms with van der Waals surface area (Å²) in [5.41, 5.74) is 6.56. The van der Waals surface area contributed by atoms with E-state index in [4.69, 9.17) is 11.6 Å². The van der Waals surface area contributed by atoms with E-state index in [0.717, 1.165) is 33.5 Å². The van der Waals surface area contributed by atoms with Gasteiger partial charge in [0.25, 0.3) is 5.91 Å². The highest BCUT2D eigenvalue weighted by Crippen LogP contribution is 2.32. The second-order valence-electron chi connectivity index (χ2n) is 9.87. The van der Waals surface area contributed by atoms with Gasteiger partial charge in [-0.05, 0) is 72.0 Å². The number of carbonyl (C=O) groups is 3. The van der Waals surface area contributed by atoms with Crippen LogP contribution in [-0.4, -0.2) is 38.0 Å². The number of halogens is 1. The highest BCUT2D eigenvalue weighted by molar-refractivity contribution is 6.30. The van der Waals surface area contributed by atoms with Crippen molar-refractivity contribution >= 4 is 34.8 Å². The Labute approximate surface area is 224 Å². The molecule has 0 aliphatic carbocycles. The van der Waals surface area contributed by atoms with Gasteiger partial charge in [-0.2, -0.15) is 0 Å². The first-order valence-corrected chi connectivity index (χ1v) is 13.0. The fraction of sp³-hybridized carbons (Fsp3) is 0.241. The van der Waals surface area contributed by atoms with E-state index in [2.05, 4.69) is 40.7 Å². The quantitative estimate of drug-likeness (QED) is 0.365. The summed E-state index contributed by atoms with van der Waals surface area (Å²) in [6.07, 6.45) is 4.19. The molecular formula is C29H26ClN5O3. The number of piperidine rings is 1. The van der Waals surface area contributed by atoms with E-state index in [-0.39, 0.29) is 24.3 Å². The summed E-state index contributed by atoms with van der Waals surface area (Å²) < 4.78 is 2.03. The van der Waals surface area contributed by atoms with Gasteiger partial charge in [0.15, 0.2) is 0 Å². The number of nitrogens with one attached hydrogen (secondary N) is 2. The first kappa shape index (κ1) is 24.3. The van der Waals surface area contributed by atoms with Crippen molar-refractivity contribution in [3.8, 4) is 11.3 Å². The summed E-state index contributed by atoms with van der Waals surface area (Å²) in [5, 5.41) is 6.64. The Bertz CT molecular complexity index is 1600. The Balaban J connectivity index is 1.27. The molecule has 4 heterocycles. The van der Waals surface area contributed by atoms with Gasteiger partial charge in [-0.1, -0.05) is 29.8 Å². The molecule has 0 radical (unpaired) electrons. The molecule has 192 valence electrons. The molecule has 0 spiro atoms. The number of fused-ring (bicyclic) bond motifs is 2. The number of imide groups is 1. The van der Waals surface area contributed by atoms with Crippen LogP contribution >= 0.6 is 11.6 Å². The predicted octanol–water partition coefficient (Wildman–Crippen LogP) is 4.27. The molecule has 9 heteroatoms. The standard InChI is InChI=1S/C29H26ClN5O3/c1-17(19-3-2-4-22(30)12-19)32-13-18-9-23-14-31-16-35(23)26(10-18)20-5-6-24-21(11-20)15-34(29(24)38)25-7-8-27(36)33-28(25)37/h2-6,9-12,14,16-17,25,32H,7-8,13,15H2,1H3,(H,33,36,37). The lowest BCUT2D eigenvalue weighted by molar-refractivity contribution is -0.136. The molecule has 2 unspecified atom stereocenters. The Kier molecular flexibility index (Phi) is 6.21. The maximum absolute atomic E-state index is 13.1. The smallest absolute Gasteiger partial charge is 0.255 e. The molecule has 2 aliphatic heterocycles. The minimum Gasteiger partial charge on any atom is -0.322 e. The lowest BCUT2D eigenvalue weighted by atomic mass is 10.0. The summed E-state index contributed by atoms with van der Waals surface area (Å²) in [6.45, 7) is 3.09. The average Bonchev–Trinajstić information content (AvgIpc) is 3.51. The Morgan fingerprint density at radius 1 is 1.13 bits per heavy atom. The van der Waals surface area contributed by atoms with Gasteiger partial charge in [0.1, 0.15) is 6.04 Å². The predicted molar refractivity (Wildman–Crippen MR) is 143 cm³/mol. The second kappa shape index (κ2) is 9.70. The monoisotopic (exact) mass is 527 g/mol. The SMILES string of the molecule is CC(NCc1cc(-c2ccc3c(c2)CN(C2CCC(=O)NC2=O)C3=O)n2cncc2c1)c1cccc(Cl)c1. The molecule has 2 aromatic carbocycles. The number of aromatic nitrogens is 2. The minimum atomic E-state index is -0.632. The second-order valence-corrected chi connectivity index (χ2v) is 10.3. The molecule has 2 aliphatic rings. The third kappa shape index (κ3) is 4.46. The Morgan fingerprint density at radius 3 is 2.82 bits per heavy atom. The molecule has 2 atom stereocenters. The molecule has 0 bridgehead atoms. The van der Waals surface area contributed by atoms with Gasteiger partial charge in [0, 0.05) is 36.1 Å². The van der Waals surface area contributed by atoms with E-state index >= 15 is 0 Å². The van der Waals surface area contributed by atoms with Gasteiger partial charge >= 0.3 is 0 Å². The van der Waals surface area contributed by atoms with Crippen LogP contribution in [0.3, 0.4) is 0 Å². The van der Waals surface area contributed by atoms with Gasteiger partial charge in [-0.3, -0.25) is 24.1 Å². The summed E-state index contributed by atoms with van der Waals surface area (Å²) >= 11 is 6.17. The van der Waals surface area contributed by atoms with Crippen molar-refractivity contribution in [2.45, 2.75) is 44.9 Å². The van der Waals surface area contributed by atoms with Gasteiger partial charge in [-0.15, -0.1) is 0 Å². The van der Waals surface area contributed by atoms with Crippen molar-refractivity contribution in [1.29, 1.82) is 0 Å². The summed E-state index contributed by atoms with van der Waals surface area (Å²) in [6, 6.07) is 17.3. The van der Waals surface area contributed by atoms with Crippen LogP contribution in [0.5, 0.6) is 0 Å². The summed E-state index contributed by atoms with van der Waals surface area (Å²) in [7, 11) is 0. The number of benzene rings is 2. The maximum Gasteiger partial charge on any atom is 0.255 e. The van der Waals surface area contributed by atoms with Gasteiger partial charge < -0.3 is 10.2 Å². The van der Waals surface area contributed by atoms with Gasteiger partial charge in [0.05, 0.1) is 23.7 Å². The van der Waals surface area contributed by atoms with Crippen molar-refractivity contribution in [1.82, 2.24) is 24.9 Å². The Morgan fingerprint density at radius 2 is 2.00 bits per heavy atom. The van der Waals surface area contributed by atoms with Gasteiger partial charge in [0.2, 0.25) is 11.8 Å². The van der Waals surface area contributed by atoms with Crippen LogP contribution in [0.4, 0.5) is 0 Å². The van der Waals surface area contributed by atoms with Crippen molar-refractivity contribution in [3.63, 3.8) is 0 Å². The van der Waals surface area contributed by atoms with Crippen molar-refractivity contribution in [3.05, 3.63) is 94.4 Å². The molecule has 1 fully saturated rings. The lowest BCUT2D eigenvalue weighted by Gasteiger charge is -2.29. The van der Waals surface area contributed by atoms with Crippen LogP contribution < -0.4 is 10.6 Å². The number of hydrogen-bond acceptors (Lipinski definition) is 5. The topological polar surface area (TPSA) is 95.8 Å². The zero-order valence-electron chi connectivity index (χ0n) is 20.8. The maximum atomic E-state index is 13.1. The van der Waals surface area contributed by atoms with Crippen molar-refractivity contribution in [2.24, 2.45) is 0 Å². The van der Waals surface area contributed by atoms with E-state index in [9.17, 15) is 14.4 Å².